The number of carbonyl (C=O) groups excluding carboxylic acids is 1. The number of ether oxygens (including phenoxy) is 1. The highest BCUT2D eigenvalue weighted by molar-refractivity contribution is 9.10. The molecule has 1 aliphatic heterocycles. The van der Waals surface area contributed by atoms with Crippen LogP contribution in [0.2, 0.25) is 0 Å². The van der Waals surface area contributed by atoms with Gasteiger partial charge < -0.3 is 14.5 Å². The minimum Gasteiger partial charge on any atom is -0.495 e. The number of anilines is 1. The van der Waals surface area contributed by atoms with Crippen LogP contribution in [-0.4, -0.2) is 64.5 Å². The minimum atomic E-state index is -3.95. The first-order valence-electron chi connectivity index (χ1n) is 9.63. The zero-order valence-electron chi connectivity index (χ0n) is 17.3. The van der Waals surface area contributed by atoms with Gasteiger partial charge in [0, 0.05) is 34.9 Å². The van der Waals surface area contributed by atoms with Crippen molar-refractivity contribution in [2.45, 2.75) is 23.8 Å². The van der Waals surface area contributed by atoms with Crippen molar-refractivity contribution in [3.8, 4) is 5.75 Å². The second kappa shape index (κ2) is 9.36. The average molecular weight is 496 g/mol. The van der Waals surface area contributed by atoms with E-state index in [9.17, 15) is 13.2 Å². The molecule has 1 aliphatic rings. The number of sulfonamides is 1. The standard InChI is InChI=1S/C21H26BrN3O4S/c1-24(2)18-5-4-12-25(14-18)21(26)15-6-11-19(29-3)20(13-15)30(27,28)23-17-9-7-16(22)8-10-17/h6-11,13,18,23H,4-5,12,14H2,1-3H3. The van der Waals surface area contributed by atoms with Gasteiger partial charge >= 0.3 is 0 Å². The summed E-state index contributed by atoms with van der Waals surface area (Å²) in [5, 5.41) is 0. The quantitative estimate of drug-likeness (QED) is 0.663. The van der Waals surface area contributed by atoms with Gasteiger partial charge in [0.15, 0.2) is 0 Å². The van der Waals surface area contributed by atoms with Crippen molar-refractivity contribution in [2.24, 2.45) is 0 Å². The van der Waals surface area contributed by atoms with E-state index < -0.39 is 10.0 Å². The van der Waals surface area contributed by atoms with Crippen molar-refractivity contribution in [1.82, 2.24) is 9.80 Å². The Balaban J connectivity index is 1.89. The normalized spacial score (nSPS) is 17.1. The summed E-state index contributed by atoms with van der Waals surface area (Å²) in [5.41, 5.74) is 0.744. The fraction of sp³-hybridized carbons (Fsp3) is 0.381. The van der Waals surface area contributed by atoms with Crippen molar-refractivity contribution < 1.29 is 17.9 Å². The molecule has 0 radical (unpaired) electrons. The zero-order valence-corrected chi connectivity index (χ0v) is 19.7. The maximum atomic E-state index is 13.1. The van der Waals surface area contributed by atoms with Crippen molar-refractivity contribution in [1.29, 1.82) is 0 Å². The number of halogens is 1. The minimum absolute atomic E-state index is 0.0695. The summed E-state index contributed by atoms with van der Waals surface area (Å²) in [6.45, 7) is 1.28. The van der Waals surface area contributed by atoms with Crippen LogP contribution in [0.3, 0.4) is 0 Å². The van der Waals surface area contributed by atoms with Gasteiger partial charge in [0.25, 0.3) is 15.9 Å². The van der Waals surface area contributed by atoms with Crippen molar-refractivity contribution in [3.63, 3.8) is 0 Å². The van der Waals surface area contributed by atoms with Crippen molar-refractivity contribution in [2.75, 3.05) is 39.0 Å². The van der Waals surface area contributed by atoms with Crippen LogP contribution >= 0.6 is 15.9 Å². The van der Waals surface area contributed by atoms with E-state index in [-0.39, 0.29) is 16.6 Å². The molecule has 1 saturated heterocycles. The van der Waals surface area contributed by atoms with E-state index in [0.29, 0.717) is 30.4 Å². The van der Waals surface area contributed by atoms with Gasteiger partial charge in [-0.05, 0) is 69.4 Å². The lowest BCUT2D eigenvalue weighted by atomic mass is 10.0. The number of likely N-dealkylation sites (tertiary alicyclic amines) is 1. The second-order valence-electron chi connectivity index (χ2n) is 7.49. The van der Waals surface area contributed by atoms with E-state index >= 15 is 0 Å². The first-order chi connectivity index (χ1) is 14.2. The number of methoxy groups -OCH3 is 1. The lowest BCUT2D eigenvalue weighted by molar-refractivity contribution is 0.0635. The third-order valence-corrected chi connectivity index (χ3v) is 7.14. The van der Waals surface area contributed by atoms with Crippen LogP contribution in [0.4, 0.5) is 5.69 Å². The summed E-state index contributed by atoms with van der Waals surface area (Å²) in [4.78, 5) is 16.9. The van der Waals surface area contributed by atoms with Crippen LogP contribution in [0.5, 0.6) is 5.75 Å². The third-order valence-electron chi connectivity index (χ3n) is 5.21. The maximum absolute atomic E-state index is 13.1. The van der Waals surface area contributed by atoms with E-state index in [4.69, 9.17) is 4.74 Å². The molecule has 1 amide bonds. The number of rotatable bonds is 6. The van der Waals surface area contributed by atoms with E-state index in [2.05, 4.69) is 25.6 Å². The number of amides is 1. The lowest BCUT2D eigenvalue weighted by Gasteiger charge is -2.36. The van der Waals surface area contributed by atoms with E-state index in [1.54, 1.807) is 35.2 Å². The van der Waals surface area contributed by atoms with E-state index in [1.165, 1.54) is 19.2 Å². The monoisotopic (exact) mass is 495 g/mol. The van der Waals surface area contributed by atoms with Gasteiger partial charge in [-0.25, -0.2) is 8.42 Å². The Kier molecular flexibility index (Phi) is 7.05. The molecule has 9 heteroatoms. The molecule has 1 fully saturated rings. The second-order valence-corrected chi connectivity index (χ2v) is 10.1. The predicted octanol–water partition coefficient (Wildman–Crippen LogP) is 3.42. The van der Waals surface area contributed by atoms with E-state index in [0.717, 1.165) is 17.3 Å². The molecule has 1 unspecified atom stereocenters. The Bertz CT molecular complexity index is 1010. The highest BCUT2D eigenvalue weighted by Gasteiger charge is 2.28. The molecule has 0 saturated carbocycles. The molecule has 0 bridgehead atoms. The number of nitrogens with zero attached hydrogens (tertiary/aromatic N) is 2. The van der Waals surface area contributed by atoms with Crippen LogP contribution in [-0.2, 0) is 10.0 Å². The molecular formula is C21H26BrN3O4S. The van der Waals surface area contributed by atoms with Gasteiger partial charge in [0.2, 0.25) is 0 Å². The van der Waals surface area contributed by atoms with Gasteiger partial charge in [-0.15, -0.1) is 0 Å². The number of nitrogens with one attached hydrogen (secondary N) is 1. The zero-order chi connectivity index (χ0) is 21.9. The first-order valence-corrected chi connectivity index (χ1v) is 11.9. The Morgan fingerprint density at radius 1 is 1.20 bits per heavy atom. The van der Waals surface area contributed by atoms with Crippen molar-refractivity contribution in [3.05, 3.63) is 52.5 Å². The number of hydrogen-bond donors (Lipinski definition) is 1. The maximum Gasteiger partial charge on any atom is 0.265 e. The largest absolute Gasteiger partial charge is 0.495 e. The molecule has 1 N–H and O–H groups in total. The molecule has 7 nitrogen and oxygen atoms in total. The Hall–Kier alpha value is -2.10. The highest BCUT2D eigenvalue weighted by atomic mass is 79.9. The number of likely N-dealkylation sites (N-methyl/N-ethyl adjacent to an activating group) is 1. The van der Waals surface area contributed by atoms with Gasteiger partial charge in [0.1, 0.15) is 10.6 Å². The van der Waals surface area contributed by atoms with Gasteiger partial charge in [-0.1, -0.05) is 15.9 Å². The van der Waals surface area contributed by atoms with Crippen molar-refractivity contribution >= 4 is 37.5 Å². The van der Waals surface area contributed by atoms with Crippen LogP contribution in [0, 0.1) is 0 Å². The predicted molar refractivity (Wildman–Crippen MR) is 121 cm³/mol. The molecule has 2 aromatic rings. The number of carbonyl (C=O) groups is 1. The number of hydrogen-bond acceptors (Lipinski definition) is 5. The molecule has 0 spiro atoms. The molecule has 162 valence electrons. The molecule has 2 aromatic carbocycles. The summed E-state index contributed by atoms with van der Waals surface area (Å²) in [7, 11) is 1.46. The first kappa shape index (κ1) is 22.6. The summed E-state index contributed by atoms with van der Waals surface area (Å²) < 4.78 is 34.7. The highest BCUT2D eigenvalue weighted by Crippen LogP contribution is 2.28. The van der Waals surface area contributed by atoms with Gasteiger partial charge in [0.05, 0.1) is 7.11 Å². The fourth-order valence-corrected chi connectivity index (χ4v) is 5.01. The Labute approximate surface area is 186 Å². The Morgan fingerprint density at radius 2 is 1.90 bits per heavy atom. The van der Waals surface area contributed by atoms with Crippen LogP contribution < -0.4 is 9.46 Å². The molecular weight excluding hydrogens is 470 g/mol. The van der Waals surface area contributed by atoms with Gasteiger partial charge in [-0.2, -0.15) is 0 Å². The summed E-state index contributed by atoms with van der Waals surface area (Å²) >= 11 is 3.33. The van der Waals surface area contributed by atoms with E-state index in [1.807, 2.05) is 14.1 Å². The molecule has 1 atom stereocenters. The smallest absolute Gasteiger partial charge is 0.265 e. The molecule has 0 aromatic heterocycles. The number of benzene rings is 2. The van der Waals surface area contributed by atoms with Crippen LogP contribution in [0.15, 0.2) is 51.8 Å². The van der Waals surface area contributed by atoms with Gasteiger partial charge in [-0.3, -0.25) is 9.52 Å². The third kappa shape index (κ3) is 5.14. The molecule has 3 rings (SSSR count). The SMILES string of the molecule is COc1ccc(C(=O)N2CCCC(N(C)C)C2)cc1S(=O)(=O)Nc1ccc(Br)cc1. The summed E-state index contributed by atoms with van der Waals surface area (Å²) in [5.74, 6) is 0.00488. The average Bonchev–Trinajstić information content (AvgIpc) is 2.74. The molecule has 30 heavy (non-hydrogen) atoms. The Morgan fingerprint density at radius 3 is 2.53 bits per heavy atom. The molecule has 1 heterocycles. The van der Waals surface area contributed by atoms with Crippen LogP contribution in [0.1, 0.15) is 23.2 Å². The topological polar surface area (TPSA) is 79.0 Å². The van der Waals surface area contributed by atoms with Crippen LogP contribution in [0.25, 0.3) is 0 Å². The lowest BCUT2D eigenvalue weighted by Crippen LogP contribution is -2.47. The summed E-state index contributed by atoms with van der Waals surface area (Å²) in [6.07, 6.45) is 1.96. The number of piperidine rings is 1. The summed E-state index contributed by atoms with van der Waals surface area (Å²) in [6, 6.07) is 11.6. The molecule has 0 aliphatic carbocycles. The fourth-order valence-electron chi connectivity index (χ4n) is 3.49.